The van der Waals surface area contributed by atoms with E-state index in [9.17, 15) is 19.2 Å². The smallest absolute Gasteiger partial charge is 0.288 e. The van der Waals surface area contributed by atoms with Gasteiger partial charge in [-0.3, -0.25) is 24.1 Å². The molecule has 0 radical (unpaired) electrons. The molecule has 29 heavy (non-hydrogen) atoms. The number of anilines is 2. The maximum absolute atomic E-state index is 12.4. The summed E-state index contributed by atoms with van der Waals surface area (Å²) in [7, 11) is 0. The molecule has 154 valence electrons. The summed E-state index contributed by atoms with van der Waals surface area (Å²) < 4.78 is 0. The van der Waals surface area contributed by atoms with E-state index in [1.165, 1.54) is 12.8 Å². The molecular formula is C20H24N4O4S. The predicted molar refractivity (Wildman–Crippen MR) is 111 cm³/mol. The van der Waals surface area contributed by atoms with Crippen LogP contribution in [0.4, 0.5) is 16.2 Å². The first-order valence-corrected chi connectivity index (χ1v) is 10.9. The Kier molecular flexibility index (Phi) is 5.75. The van der Waals surface area contributed by atoms with Gasteiger partial charge in [0.1, 0.15) is 0 Å². The molecule has 3 fully saturated rings. The lowest BCUT2D eigenvalue weighted by Gasteiger charge is -2.21. The van der Waals surface area contributed by atoms with Gasteiger partial charge in [-0.1, -0.05) is 11.8 Å². The van der Waals surface area contributed by atoms with Crippen LogP contribution in [0.2, 0.25) is 0 Å². The minimum absolute atomic E-state index is 0.0691. The van der Waals surface area contributed by atoms with E-state index in [1.807, 2.05) is 24.3 Å². The Balaban J connectivity index is 1.29. The van der Waals surface area contributed by atoms with Crippen LogP contribution in [0.25, 0.3) is 0 Å². The summed E-state index contributed by atoms with van der Waals surface area (Å²) >= 11 is 0.975. The first-order chi connectivity index (χ1) is 14.0. The number of nitrogens with zero attached hydrogens (tertiary/aromatic N) is 3. The van der Waals surface area contributed by atoms with Gasteiger partial charge in [-0.15, -0.1) is 0 Å². The lowest BCUT2D eigenvalue weighted by molar-refractivity contribution is -0.127. The Morgan fingerprint density at radius 2 is 1.72 bits per heavy atom. The number of thioether (sulfide) groups is 1. The van der Waals surface area contributed by atoms with Crippen LogP contribution in [0.3, 0.4) is 0 Å². The predicted octanol–water partition coefficient (Wildman–Crippen LogP) is 1.45. The van der Waals surface area contributed by atoms with Crippen LogP contribution in [-0.4, -0.2) is 66.3 Å². The van der Waals surface area contributed by atoms with E-state index >= 15 is 0 Å². The Morgan fingerprint density at radius 3 is 2.38 bits per heavy atom. The second-order valence-corrected chi connectivity index (χ2v) is 8.43. The molecule has 3 aliphatic heterocycles. The number of imide groups is 1. The van der Waals surface area contributed by atoms with Crippen molar-refractivity contribution in [3.63, 3.8) is 0 Å². The van der Waals surface area contributed by atoms with Gasteiger partial charge in [0, 0.05) is 50.5 Å². The van der Waals surface area contributed by atoms with Crippen molar-refractivity contribution < 1.29 is 19.2 Å². The van der Waals surface area contributed by atoms with Crippen LogP contribution >= 0.6 is 11.8 Å². The highest BCUT2D eigenvalue weighted by Gasteiger charge is 2.35. The third kappa shape index (κ3) is 4.24. The SMILES string of the molecule is O=C(NCCN1C(=O)CSC1=O)C1CC(=O)N(c2ccc(N3CCCC3)cc2)C1. The van der Waals surface area contributed by atoms with Gasteiger partial charge in [0.25, 0.3) is 5.24 Å². The molecule has 0 spiro atoms. The fourth-order valence-electron chi connectivity index (χ4n) is 3.98. The van der Waals surface area contributed by atoms with Crippen molar-refractivity contribution >= 4 is 46.1 Å². The van der Waals surface area contributed by atoms with E-state index in [0.717, 1.165) is 41.1 Å². The third-order valence-electron chi connectivity index (χ3n) is 5.60. The summed E-state index contributed by atoms with van der Waals surface area (Å²) in [5, 5.41) is 2.48. The summed E-state index contributed by atoms with van der Waals surface area (Å²) in [5.41, 5.74) is 1.97. The maximum atomic E-state index is 12.4. The number of benzene rings is 1. The average molecular weight is 417 g/mol. The van der Waals surface area contributed by atoms with E-state index in [-0.39, 0.29) is 48.2 Å². The number of carbonyl (C=O) groups excluding carboxylic acids is 4. The highest BCUT2D eigenvalue weighted by atomic mass is 32.2. The first-order valence-electron chi connectivity index (χ1n) is 9.93. The molecule has 0 bridgehead atoms. The van der Waals surface area contributed by atoms with Crippen molar-refractivity contribution in [1.29, 1.82) is 0 Å². The molecule has 1 aromatic carbocycles. The normalized spacial score (nSPS) is 22.1. The molecule has 1 aromatic rings. The molecule has 0 saturated carbocycles. The number of carbonyl (C=O) groups is 4. The molecule has 1 unspecified atom stereocenters. The molecule has 4 rings (SSSR count). The molecule has 1 N–H and O–H groups in total. The number of hydrogen-bond donors (Lipinski definition) is 1. The zero-order valence-corrected chi connectivity index (χ0v) is 17.0. The van der Waals surface area contributed by atoms with Crippen molar-refractivity contribution in [2.45, 2.75) is 19.3 Å². The zero-order chi connectivity index (χ0) is 20.4. The van der Waals surface area contributed by atoms with E-state index in [0.29, 0.717) is 6.54 Å². The number of amides is 4. The fraction of sp³-hybridized carbons (Fsp3) is 0.500. The number of nitrogens with one attached hydrogen (secondary N) is 1. The molecule has 8 nitrogen and oxygen atoms in total. The largest absolute Gasteiger partial charge is 0.372 e. The number of hydrogen-bond acceptors (Lipinski definition) is 6. The van der Waals surface area contributed by atoms with Crippen LogP contribution in [0.5, 0.6) is 0 Å². The molecule has 3 heterocycles. The number of rotatable bonds is 6. The van der Waals surface area contributed by atoms with E-state index in [2.05, 4.69) is 10.2 Å². The van der Waals surface area contributed by atoms with Gasteiger partial charge in [-0.25, -0.2) is 0 Å². The molecule has 9 heteroatoms. The van der Waals surface area contributed by atoms with Gasteiger partial charge in [0.2, 0.25) is 17.7 Å². The van der Waals surface area contributed by atoms with Crippen molar-refractivity contribution in [3.05, 3.63) is 24.3 Å². The lowest BCUT2D eigenvalue weighted by atomic mass is 10.1. The highest BCUT2D eigenvalue weighted by Crippen LogP contribution is 2.28. The van der Waals surface area contributed by atoms with Gasteiger partial charge in [0.15, 0.2) is 0 Å². The molecule has 0 aromatic heterocycles. The first kappa shape index (κ1) is 19.8. The molecule has 3 saturated heterocycles. The zero-order valence-electron chi connectivity index (χ0n) is 16.1. The van der Waals surface area contributed by atoms with Crippen LogP contribution in [0, 0.1) is 5.92 Å². The molecule has 4 amide bonds. The van der Waals surface area contributed by atoms with Gasteiger partial charge in [-0.05, 0) is 37.1 Å². The molecular weight excluding hydrogens is 392 g/mol. The van der Waals surface area contributed by atoms with Gasteiger partial charge in [0.05, 0.1) is 11.7 Å². The van der Waals surface area contributed by atoms with E-state index in [4.69, 9.17) is 0 Å². The maximum Gasteiger partial charge on any atom is 0.288 e. The highest BCUT2D eigenvalue weighted by molar-refractivity contribution is 8.14. The van der Waals surface area contributed by atoms with Crippen molar-refractivity contribution in [2.24, 2.45) is 5.92 Å². The minimum Gasteiger partial charge on any atom is -0.372 e. The summed E-state index contributed by atoms with van der Waals surface area (Å²) in [6.45, 7) is 2.84. The van der Waals surface area contributed by atoms with E-state index < -0.39 is 5.92 Å². The average Bonchev–Trinajstić information content (AvgIpc) is 3.45. The minimum atomic E-state index is -0.430. The van der Waals surface area contributed by atoms with E-state index in [1.54, 1.807) is 4.90 Å². The summed E-state index contributed by atoms with van der Waals surface area (Å²) in [5.74, 6) is -0.786. The van der Waals surface area contributed by atoms with Crippen LogP contribution in [-0.2, 0) is 14.4 Å². The Morgan fingerprint density at radius 1 is 1.03 bits per heavy atom. The Hall–Kier alpha value is -2.55. The molecule has 1 atom stereocenters. The van der Waals surface area contributed by atoms with Crippen molar-refractivity contribution in [3.8, 4) is 0 Å². The van der Waals surface area contributed by atoms with Crippen LogP contribution in [0.15, 0.2) is 24.3 Å². The molecule has 3 aliphatic rings. The summed E-state index contributed by atoms with van der Waals surface area (Å²) in [6, 6.07) is 7.94. The van der Waals surface area contributed by atoms with Gasteiger partial charge >= 0.3 is 0 Å². The van der Waals surface area contributed by atoms with Crippen molar-refractivity contribution in [2.75, 3.05) is 48.3 Å². The monoisotopic (exact) mass is 416 g/mol. The standard InChI is InChI=1S/C20H24N4O4S/c25-17-11-14(19(27)21-7-10-23-18(26)13-29-20(23)28)12-24(17)16-5-3-15(4-6-16)22-8-1-2-9-22/h3-6,14H,1-2,7-13H2,(H,21,27). The van der Waals surface area contributed by atoms with Crippen LogP contribution in [0.1, 0.15) is 19.3 Å². The molecule has 0 aliphatic carbocycles. The lowest BCUT2D eigenvalue weighted by Crippen LogP contribution is -2.40. The van der Waals surface area contributed by atoms with Crippen molar-refractivity contribution in [1.82, 2.24) is 10.2 Å². The van der Waals surface area contributed by atoms with Gasteiger partial charge in [-0.2, -0.15) is 0 Å². The Bertz CT molecular complexity index is 806. The quantitative estimate of drug-likeness (QED) is 0.755. The Labute approximate surface area is 173 Å². The fourth-order valence-corrected chi connectivity index (χ4v) is 4.74. The second kappa shape index (κ2) is 8.44. The van der Waals surface area contributed by atoms with Gasteiger partial charge < -0.3 is 15.1 Å². The van der Waals surface area contributed by atoms with Crippen LogP contribution < -0.4 is 15.1 Å². The summed E-state index contributed by atoms with van der Waals surface area (Å²) in [6.07, 6.45) is 2.58. The summed E-state index contributed by atoms with van der Waals surface area (Å²) in [4.78, 5) is 53.2. The second-order valence-electron chi connectivity index (χ2n) is 7.51. The topological polar surface area (TPSA) is 90.0 Å². The third-order valence-corrected chi connectivity index (χ3v) is 6.46.